The number of aromatic hydroxyl groups is 1. The lowest BCUT2D eigenvalue weighted by Gasteiger charge is -2.31. The van der Waals surface area contributed by atoms with Crippen molar-refractivity contribution in [2.24, 2.45) is 0 Å². The van der Waals surface area contributed by atoms with E-state index in [0.29, 0.717) is 12.0 Å². The van der Waals surface area contributed by atoms with Crippen LogP contribution in [0.25, 0.3) is 5.76 Å². The van der Waals surface area contributed by atoms with Gasteiger partial charge in [0.05, 0.1) is 17.8 Å². The smallest absolute Gasteiger partial charge is 0.234 e. The van der Waals surface area contributed by atoms with Crippen LogP contribution in [-0.2, 0) is 16.0 Å². The zero-order chi connectivity index (χ0) is 15.5. The van der Waals surface area contributed by atoms with E-state index >= 15 is 0 Å². The second-order valence-electron chi connectivity index (χ2n) is 5.65. The molecule has 21 heavy (non-hydrogen) atoms. The molecule has 2 N–H and O–H groups in total. The van der Waals surface area contributed by atoms with E-state index < -0.39 is 11.6 Å². The lowest BCUT2D eigenvalue weighted by Crippen LogP contribution is -2.27. The van der Waals surface area contributed by atoms with E-state index in [4.69, 9.17) is 4.74 Å². The molecule has 1 aromatic rings. The molecular weight excluding hydrogens is 272 g/mol. The predicted molar refractivity (Wildman–Crippen MR) is 75.3 cm³/mol. The van der Waals surface area contributed by atoms with Gasteiger partial charge in [-0.15, -0.1) is 0 Å². The average Bonchev–Trinajstić information content (AvgIpc) is 2.41. The molecule has 110 valence electrons. The van der Waals surface area contributed by atoms with Crippen molar-refractivity contribution >= 4 is 17.3 Å². The minimum atomic E-state index is -0.729. The van der Waals surface area contributed by atoms with Crippen molar-refractivity contribution in [2.75, 3.05) is 0 Å². The Morgan fingerprint density at radius 1 is 1.19 bits per heavy atom. The monoisotopic (exact) mass is 288 g/mol. The fourth-order valence-corrected chi connectivity index (χ4v) is 3.14. The van der Waals surface area contributed by atoms with Gasteiger partial charge in [0.1, 0.15) is 11.5 Å². The van der Waals surface area contributed by atoms with Gasteiger partial charge in [0.15, 0.2) is 0 Å². The summed E-state index contributed by atoms with van der Waals surface area (Å²) in [6, 6.07) is 1.60. The highest BCUT2D eigenvalue weighted by Gasteiger charge is 2.37. The van der Waals surface area contributed by atoms with E-state index in [-0.39, 0.29) is 40.4 Å². The van der Waals surface area contributed by atoms with Crippen LogP contribution < -0.4 is 0 Å². The Hall–Kier alpha value is -2.14. The number of carbonyl (C=O) groups excluding carboxylic acids is 2. The molecule has 1 aliphatic carbocycles. The minimum Gasteiger partial charge on any atom is -0.507 e. The molecule has 0 aromatic heterocycles. The summed E-state index contributed by atoms with van der Waals surface area (Å²) in [6.45, 7) is 5.09. The Morgan fingerprint density at radius 3 is 2.52 bits per heavy atom. The van der Waals surface area contributed by atoms with Crippen molar-refractivity contribution in [2.45, 2.75) is 39.4 Å². The van der Waals surface area contributed by atoms with Crippen LogP contribution in [0.3, 0.4) is 0 Å². The van der Waals surface area contributed by atoms with Crippen LogP contribution in [0, 0.1) is 0 Å². The molecule has 1 aromatic carbocycles. The van der Waals surface area contributed by atoms with Gasteiger partial charge in [-0.2, -0.15) is 0 Å². The molecule has 0 spiro atoms. The molecule has 2 unspecified atom stereocenters. The van der Waals surface area contributed by atoms with Crippen LogP contribution in [-0.4, -0.2) is 27.9 Å². The van der Waals surface area contributed by atoms with Crippen molar-refractivity contribution in [1.82, 2.24) is 0 Å². The van der Waals surface area contributed by atoms with E-state index in [0.717, 1.165) is 5.56 Å². The molecule has 3 rings (SSSR count). The van der Waals surface area contributed by atoms with Crippen molar-refractivity contribution in [3.05, 3.63) is 33.9 Å². The number of phenolic OH excluding ortho intramolecular Hbond substituents is 1. The van der Waals surface area contributed by atoms with Gasteiger partial charge < -0.3 is 14.9 Å². The number of carbonyl (C=O) groups is 2. The first-order valence-electron chi connectivity index (χ1n) is 6.86. The quantitative estimate of drug-likeness (QED) is 0.716. The SMILES string of the molecule is CC1=C(O)c2c(cc3c(c2O)C(C)OC(C)C3)C(=O)C1=O. The van der Waals surface area contributed by atoms with Gasteiger partial charge >= 0.3 is 0 Å². The standard InChI is InChI=1S/C16H16O5/c1-6-4-9-5-10-12(16(20)11(9)8(3)21-6)13(17)7(2)14(18)15(10)19/h5-6,8,17,20H,4H2,1-3H3. The van der Waals surface area contributed by atoms with Gasteiger partial charge in [-0.3, -0.25) is 9.59 Å². The minimum absolute atomic E-state index is 0.0368. The number of ketones is 2. The second-order valence-corrected chi connectivity index (χ2v) is 5.65. The zero-order valence-corrected chi connectivity index (χ0v) is 12.1. The second kappa shape index (κ2) is 4.43. The largest absolute Gasteiger partial charge is 0.507 e. The molecule has 0 saturated heterocycles. The molecular formula is C16H16O5. The molecule has 1 aliphatic heterocycles. The van der Waals surface area contributed by atoms with Crippen molar-refractivity contribution in [1.29, 1.82) is 0 Å². The highest BCUT2D eigenvalue weighted by molar-refractivity contribution is 6.52. The molecule has 5 heteroatoms. The van der Waals surface area contributed by atoms with Crippen LogP contribution >= 0.6 is 0 Å². The molecule has 0 amide bonds. The number of ether oxygens (including phenoxy) is 1. The zero-order valence-electron chi connectivity index (χ0n) is 12.1. The molecule has 1 heterocycles. The van der Waals surface area contributed by atoms with E-state index in [1.807, 2.05) is 13.8 Å². The Kier molecular flexibility index (Phi) is 2.92. The Balaban J connectivity index is 2.34. The Bertz CT molecular complexity index is 714. The predicted octanol–water partition coefficient (Wildman–Crippen LogP) is 2.47. The summed E-state index contributed by atoms with van der Waals surface area (Å²) < 4.78 is 5.68. The van der Waals surface area contributed by atoms with Crippen LogP contribution in [0.2, 0.25) is 0 Å². The van der Waals surface area contributed by atoms with E-state index in [9.17, 15) is 19.8 Å². The van der Waals surface area contributed by atoms with Gasteiger partial charge in [-0.05, 0) is 38.8 Å². The molecule has 0 radical (unpaired) electrons. The van der Waals surface area contributed by atoms with E-state index in [1.165, 1.54) is 6.92 Å². The van der Waals surface area contributed by atoms with E-state index in [2.05, 4.69) is 0 Å². The summed E-state index contributed by atoms with van der Waals surface area (Å²) in [6.07, 6.45) is 0.172. The van der Waals surface area contributed by atoms with Gasteiger partial charge in [-0.25, -0.2) is 0 Å². The molecule has 0 saturated carbocycles. The fraction of sp³-hybridized carbons (Fsp3) is 0.375. The topological polar surface area (TPSA) is 83.8 Å². The highest BCUT2D eigenvalue weighted by atomic mass is 16.5. The normalized spacial score (nSPS) is 24.9. The van der Waals surface area contributed by atoms with Crippen LogP contribution in [0.1, 0.15) is 53.9 Å². The third kappa shape index (κ3) is 1.81. The van der Waals surface area contributed by atoms with Crippen LogP contribution in [0.15, 0.2) is 11.6 Å². The summed E-state index contributed by atoms with van der Waals surface area (Å²) >= 11 is 0. The molecule has 0 bridgehead atoms. The number of fused-ring (bicyclic) bond motifs is 2. The third-order valence-electron chi connectivity index (χ3n) is 4.16. The number of aliphatic hydroxyl groups is 1. The lowest BCUT2D eigenvalue weighted by molar-refractivity contribution is -0.111. The number of hydrogen-bond donors (Lipinski definition) is 2. The Labute approximate surface area is 121 Å². The lowest BCUT2D eigenvalue weighted by atomic mass is 9.82. The van der Waals surface area contributed by atoms with Gasteiger partial charge in [0.25, 0.3) is 0 Å². The first-order valence-corrected chi connectivity index (χ1v) is 6.86. The van der Waals surface area contributed by atoms with Crippen molar-refractivity contribution in [3.8, 4) is 5.75 Å². The first kappa shape index (κ1) is 13.8. The fourth-order valence-electron chi connectivity index (χ4n) is 3.14. The maximum Gasteiger partial charge on any atom is 0.234 e. The Morgan fingerprint density at radius 2 is 1.86 bits per heavy atom. The maximum atomic E-state index is 12.1. The number of allylic oxidation sites excluding steroid dienone is 1. The summed E-state index contributed by atoms with van der Waals surface area (Å²) in [5, 5.41) is 20.6. The molecule has 2 atom stereocenters. The number of rotatable bonds is 0. The summed E-state index contributed by atoms with van der Waals surface area (Å²) in [7, 11) is 0. The molecule has 0 fully saturated rings. The van der Waals surface area contributed by atoms with Crippen molar-refractivity contribution in [3.63, 3.8) is 0 Å². The summed E-state index contributed by atoms with van der Waals surface area (Å²) in [5.74, 6) is -1.92. The highest BCUT2D eigenvalue weighted by Crippen LogP contribution is 2.44. The maximum absolute atomic E-state index is 12.1. The van der Waals surface area contributed by atoms with E-state index in [1.54, 1.807) is 6.07 Å². The number of Topliss-reactive ketones (excluding diaryl/α,β-unsaturated/α-hetero) is 2. The number of aliphatic hydroxyl groups excluding tert-OH is 1. The first-order chi connectivity index (χ1) is 9.82. The van der Waals surface area contributed by atoms with Crippen LogP contribution in [0.5, 0.6) is 5.75 Å². The third-order valence-corrected chi connectivity index (χ3v) is 4.16. The molecule has 5 nitrogen and oxygen atoms in total. The van der Waals surface area contributed by atoms with Gasteiger partial charge in [0.2, 0.25) is 11.6 Å². The number of benzene rings is 1. The average molecular weight is 288 g/mol. The number of phenols is 1. The van der Waals surface area contributed by atoms with Gasteiger partial charge in [-0.1, -0.05) is 0 Å². The van der Waals surface area contributed by atoms with Crippen molar-refractivity contribution < 1.29 is 24.5 Å². The molecule has 2 aliphatic rings. The van der Waals surface area contributed by atoms with Gasteiger partial charge in [0, 0.05) is 16.7 Å². The number of hydrogen-bond acceptors (Lipinski definition) is 5. The summed E-state index contributed by atoms with van der Waals surface area (Å²) in [4.78, 5) is 24.0. The summed E-state index contributed by atoms with van der Waals surface area (Å²) in [5.41, 5.74) is 1.43. The van der Waals surface area contributed by atoms with Crippen LogP contribution in [0.4, 0.5) is 0 Å².